The molecular formula is C90H88N4OPtSi-2. The average Bonchev–Trinajstić information content (AvgIpc) is 0.870. The van der Waals surface area contributed by atoms with Crippen LogP contribution in [0.2, 0.25) is 0 Å². The first-order valence-electron chi connectivity index (χ1n) is 50.2. The molecule has 10 aromatic carbocycles. The predicted octanol–water partition coefficient (Wildman–Crippen LogP) is 19.6. The normalized spacial score (nSPS) is 24.5. The Morgan fingerprint density at radius 1 is 0.505 bits per heavy atom. The summed E-state index contributed by atoms with van der Waals surface area (Å²) in [7, 11) is -3.93. The molecular weight excluding hydrogens is 1380 g/mol. The third kappa shape index (κ3) is 11.4. The molecule has 0 N–H and O–H groups in total. The van der Waals surface area contributed by atoms with Gasteiger partial charge in [-0.15, -0.1) is 29.7 Å². The number of pyridine rings is 1. The summed E-state index contributed by atoms with van der Waals surface area (Å²) in [6.07, 6.45) is -14.5. The molecule has 0 amide bonds. The number of imidazole rings is 1. The number of hydrogen-bond donors (Lipinski definition) is 0. The fourth-order valence-electron chi connectivity index (χ4n) is 13.2. The number of para-hydroxylation sites is 3. The molecule has 2 aliphatic carbocycles. The molecule has 5 nitrogen and oxygen atoms in total. The summed E-state index contributed by atoms with van der Waals surface area (Å²) in [5.74, 6) is 0.612. The molecule has 0 bridgehead atoms. The Hall–Kier alpha value is -8.67. The fourth-order valence-corrected chi connectivity index (χ4v) is 18.0. The maximum absolute atomic E-state index is 10.9. The second-order valence-electron chi connectivity index (χ2n) is 26.6. The third-order valence-corrected chi connectivity index (χ3v) is 22.8. The molecule has 490 valence electrons. The zero-order valence-corrected chi connectivity index (χ0v) is 56.8. The molecule has 0 saturated carbocycles. The van der Waals surface area contributed by atoms with Gasteiger partial charge in [-0.05, 0) is 158 Å². The fraction of sp³-hybridized carbons (Fsp3) is 0.267. The average molecular weight is 1500 g/mol. The molecule has 0 saturated heterocycles. The van der Waals surface area contributed by atoms with Crippen molar-refractivity contribution in [2.24, 2.45) is 0 Å². The minimum atomic E-state index is -4.91. The molecule has 15 rings (SSSR count). The topological polar surface area (TPSA) is 35.9 Å². The number of hydrogen-bond acceptors (Lipinski definition) is 2. The summed E-state index contributed by atoms with van der Waals surface area (Å²) in [5.41, 5.74) is -32.1. The van der Waals surface area contributed by atoms with Crippen molar-refractivity contribution in [2.45, 2.75) is 154 Å². The standard InChI is InChI=1S/C90H88N4OSi.Pt/c1-85(2,3)62-44-49-91-83(54-62)94-79-35-25-24-34-71(79)72-41-40-65(58-82(72)94)95-66-55-64(56-70(57-66)96(67-28-18-15-19-29-67,68-30-20-16-21-31-68)69-32-22-17-23-33-69)92-59-93(81-37-27-26-36-80(81)92)84-73(60-38-42-75-77(50-60)89(11,12)47-45-87(75,7)8)52-63(86(4,5)6)53-74(84)61-39-43-76-78(51-61)90(13,14)48-46-88(76,9)10;/h15-44,49-54,56-57H,45-48H2,1-14H3;/q-2;/i7D3,8D3,9D3,10D3,11D3,12D3,13D3,14D3,38D,39D,42D,43D,45D2,46D2,47D2,48D2,50D,51D;. The molecule has 97 heavy (non-hydrogen) atoms. The van der Waals surface area contributed by atoms with Gasteiger partial charge in [-0.2, -0.15) is 17.3 Å². The minimum Gasteiger partial charge on any atom is -0.510 e. The number of benzene rings is 10. The van der Waals surface area contributed by atoms with Crippen molar-refractivity contribution < 1.29 is 82.5 Å². The maximum atomic E-state index is 10.9. The van der Waals surface area contributed by atoms with Gasteiger partial charge in [0.2, 0.25) is 0 Å². The molecule has 0 atom stereocenters. The predicted molar refractivity (Wildman–Crippen MR) is 402 cm³/mol. The van der Waals surface area contributed by atoms with Crippen LogP contribution in [-0.4, -0.2) is 22.2 Å². The van der Waals surface area contributed by atoms with Crippen molar-refractivity contribution in [3.63, 3.8) is 0 Å². The SMILES string of the molecule is [2H]c1c([2H])c2c(c([2H])c1-c1cc(C(C)(C)C)cc(-c3c([2H])c([2H])c4c(c3[2H])C(C([2H])([2H])[2H])(C([2H])([2H])[2H])C([2H])([2H])C([2H])([2H])C4(C([2H])([2H])[2H])C([2H])([2H])[2H])c1-[n+]1[c-]n(-c3[c-]c(Oc4[c-]c5c(cc4)c4ccccc4n5-c4cc(C(C)(C)C)ccn4)cc([Si](c4ccccc4)(c4ccccc4)c4ccccc4)c3)c3ccccc31)C(C([2H])([2H])[2H])(C([2H])([2H])[2H])C([2H])([2H])C([2H])([2H])C2(C([2H])([2H])[2H])C([2H])([2H])[2H].[Pt]. The molecule has 2 aliphatic rings. The molecule has 13 aromatic rings. The number of ether oxygens (including phenoxy) is 1. The van der Waals surface area contributed by atoms with Crippen molar-refractivity contribution in [1.29, 1.82) is 0 Å². The Kier molecular flexibility index (Phi) is 8.62. The van der Waals surface area contributed by atoms with E-state index in [1.54, 1.807) is 24.4 Å². The Balaban J connectivity index is 0.0000146. The molecule has 7 heteroatoms. The van der Waals surface area contributed by atoms with Crippen LogP contribution in [0.15, 0.2) is 231 Å². The molecule has 0 spiro atoms. The van der Waals surface area contributed by atoms with Crippen LogP contribution in [0, 0.1) is 18.5 Å². The van der Waals surface area contributed by atoms with Crippen LogP contribution >= 0.6 is 0 Å². The van der Waals surface area contributed by atoms with Crippen molar-refractivity contribution in [2.75, 3.05) is 0 Å². The van der Waals surface area contributed by atoms with E-state index in [1.807, 2.05) is 138 Å². The Labute approximate surface area is 643 Å². The summed E-state index contributed by atoms with van der Waals surface area (Å²) < 4.78 is 376. The van der Waals surface area contributed by atoms with Gasteiger partial charge in [0.05, 0.1) is 24.9 Å². The first kappa shape index (κ1) is 34.7. The molecule has 0 fully saturated rings. The van der Waals surface area contributed by atoms with E-state index in [9.17, 15) is 35.6 Å². The van der Waals surface area contributed by atoms with E-state index in [4.69, 9.17) is 26.2 Å². The molecule has 0 radical (unpaired) electrons. The second kappa shape index (κ2) is 24.1. The van der Waals surface area contributed by atoms with Crippen molar-refractivity contribution in [3.05, 3.63) is 282 Å². The van der Waals surface area contributed by atoms with Gasteiger partial charge in [-0.25, -0.2) is 4.98 Å². The van der Waals surface area contributed by atoms with E-state index in [2.05, 4.69) is 39.2 Å². The first-order chi connectivity index (χ1) is 61.4. The Morgan fingerprint density at radius 2 is 1.01 bits per heavy atom. The number of aromatic nitrogens is 4. The van der Waals surface area contributed by atoms with Crippen molar-refractivity contribution in [3.8, 4) is 50.9 Å². The first-order valence-corrected chi connectivity index (χ1v) is 33.2. The van der Waals surface area contributed by atoms with Gasteiger partial charge in [0.15, 0.2) is 8.07 Å². The van der Waals surface area contributed by atoms with Gasteiger partial charge in [0, 0.05) is 88.1 Å². The summed E-state index contributed by atoms with van der Waals surface area (Å²) in [4.78, 5) is 4.89. The quantitative estimate of drug-likeness (QED) is 0.0560. The van der Waals surface area contributed by atoms with Crippen LogP contribution in [0.3, 0.4) is 0 Å². The number of rotatable bonds is 11. The summed E-state index contributed by atoms with van der Waals surface area (Å²) in [6.45, 7) is -26.2. The number of fused-ring (bicyclic) bond motifs is 6. The van der Waals surface area contributed by atoms with E-state index in [-0.39, 0.29) is 60.3 Å². The molecule has 3 aromatic heterocycles. The zero-order chi connectivity index (χ0) is 99.3. The largest absolute Gasteiger partial charge is 0.510 e. The molecule has 0 unspecified atom stereocenters. The van der Waals surface area contributed by atoms with Crippen LogP contribution in [0.1, 0.15) is 207 Å². The van der Waals surface area contributed by atoms with Gasteiger partial charge >= 0.3 is 0 Å². The van der Waals surface area contributed by atoms with Crippen LogP contribution in [0.25, 0.3) is 72.3 Å². The van der Waals surface area contributed by atoms with Gasteiger partial charge in [-0.3, -0.25) is 4.57 Å². The van der Waals surface area contributed by atoms with Crippen molar-refractivity contribution >= 4 is 61.7 Å². The van der Waals surface area contributed by atoms with Gasteiger partial charge < -0.3 is 13.9 Å². The van der Waals surface area contributed by atoms with Crippen LogP contribution in [0.5, 0.6) is 11.5 Å². The van der Waals surface area contributed by atoms with Crippen LogP contribution in [-0.2, 0) is 53.6 Å². The Morgan fingerprint density at radius 3 is 1.55 bits per heavy atom. The smallest absolute Gasteiger partial charge is 0.268 e. The summed E-state index contributed by atoms with van der Waals surface area (Å²) in [6, 6.07) is 51.7. The second-order valence-corrected chi connectivity index (χ2v) is 30.4. The van der Waals surface area contributed by atoms with Gasteiger partial charge in [0.1, 0.15) is 5.82 Å². The Bertz CT molecular complexity index is 6570. The van der Waals surface area contributed by atoms with Crippen LogP contribution in [0.4, 0.5) is 0 Å². The van der Waals surface area contributed by atoms with Crippen molar-refractivity contribution in [1.82, 2.24) is 14.1 Å². The van der Waals surface area contributed by atoms with Gasteiger partial charge in [-0.1, -0.05) is 284 Å². The van der Waals surface area contributed by atoms with Gasteiger partial charge in [0.25, 0.3) is 6.33 Å². The monoisotopic (exact) mass is 1500 g/mol. The van der Waals surface area contributed by atoms with E-state index in [0.29, 0.717) is 16.5 Å². The minimum absolute atomic E-state index is 0. The summed E-state index contributed by atoms with van der Waals surface area (Å²) >= 11 is 0. The van der Waals surface area contributed by atoms with E-state index < -0.39 is 202 Å². The zero-order valence-electron chi connectivity index (χ0n) is 91.5. The number of nitrogens with zero attached hydrogens (tertiary/aromatic N) is 4. The third-order valence-electron chi connectivity index (χ3n) is 18.0. The molecule has 0 aliphatic heterocycles. The summed E-state index contributed by atoms with van der Waals surface area (Å²) in [5, 5.41) is 4.48. The molecule has 3 heterocycles. The van der Waals surface area contributed by atoms with E-state index in [0.717, 1.165) is 54.1 Å². The van der Waals surface area contributed by atoms with E-state index >= 15 is 0 Å². The van der Waals surface area contributed by atoms with Crippen LogP contribution < -0.4 is 30.1 Å². The van der Waals surface area contributed by atoms with E-state index in [1.165, 1.54) is 49.6 Å². The maximum Gasteiger partial charge on any atom is 0.268 e.